The number of hydrogen-bond acceptors (Lipinski definition) is 6. The number of aromatic nitrogens is 1. The van der Waals surface area contributed by atoms with Crippen molar-refractivity contribution in [3.63, 3.8) is 0 Å². The predicted molar refractivity (Wildman–Crippen MR) is 100 cm³/mol. The monoisotopic (exact) mass is 405 g/mol. The third kappa shape index (κ3) is 3.85. The number of carboxylic acids is 1. The molecule has 0 bridgehead atoms. The standard InChI is InChI=1S/C19H19NO7S/c1-26-12-4-6-16-14(10-12)18(19(21)22)15-11-13(27-2)5-7-17(15)20(16)8-3-9-28(23,24)25/h4-7,10-11H,3,8-9H2,1-2H3,(H-,21,22,23,24,25). The number of fused-ring (bicyclic) bond motifs is 2. The van der Waals surface area contributed by atoms with Gasteiger partial charge in [0.1, 0.15) is 11.5 Å². The first kappa shape index (κ1) is 19.8. The van der Waals surface area contributed by atoms with Crippen LogP contribution in [0.1, 0.15) is 16.8 Å². The molecular weight excluding hydrogens is 386 g/mol. The van der Waals surface area contributed by atoms with Gasteiger partial charge >= 0.3 is 0 Å². The number of ether oxygens (including phenoxy) is 2. The van der Waals surface area contributed by atoms with Gasteiger partial charge < -0.3 is 19.4 Å². The molecule has 0 unspecified atom stereocenters. The number of nitrogens with zero attached hydrogens (tertiary/aromatic N) is 1. The Labute approximate surface area is 161 Å². The number of carbonyl (C=O) groups excluding carboxylic acids is 1. The summed E-state index contributed by atoms with van der Waals surface area (Å²) in [4.78, 5) is 12.0. The highest BCUT2D eigenvalue weighted by Crippen LogP contribution is 2.30. The first-order chi connectivity index (χ1) is 13.2. The Hall–Kier alpha value is -2.91. The van der Waals surface area contributed by atoms with Crippen LogP contribution in [0.5, 0.6) is 11.5 Å². The smallest absolute Gasteiger partial charge is 0.265 e. The number of carbonyl (C=O) groups is 1. The fourth-order valence-corrected chi connectivity index (χ4v) is 3.79. The van der Waals surface area contributed by atoms with E-state index in [0.717, 1.165) is 0 Å². The van der Waals surface area contributed by atoms with Crippen molar-refractivity contribution < 1.29 is 36.9 Å². The van der Waals surface area contributed by atoms with E-state index in [0.29, 0.717) is 33.3 Å². The fourth-order valence-electron chi connectivity index (χ4n) is 3.30. The van der Waals surface area contributed by atoms with Gasteiger partial charge in [-0.3, -0.25) is 4.55 Å². The van der Waals surface area contributed by atoms with Crippen molar-refractivity contribution in [2.45, 2.75) is 13.0 Å². The Balaban J connectivity index is 2.35. The molecule has 0 aliphatic rings. The van der Waals surface area contributed by atoms with Crippen LogP contribution in [0.3, 0.4) is 0 Å². The lowest BCUT2D eigenvalue weighted by atomic mass is 10.0. The van der Waals surface area contributed by atoms with Crippen molar-refractivity contribution in [3.05, 3.63) is 42.0 Å². The largest absolute Gasteiger partial charge is 0.545 e. The van der Waals surface area contributed by atoms with Crippen molar-refractivity contribution >= 4 is 37.9 Å². The highest BCUT2D eigenvalue weighted by Gasteiger charge is 2.22. The summed E-state index contributed by atoms with van der Waals surface area (Å²) in [7, 11) is -1.15. The Morgan fingerprint density at radius 2 is 1.54 bits per heavy atom. The SMILES string of the molecule is COc1ccc2c(c1)c(C(=O)[O-])c1cc(OC)ccc1[n+]2CCCS(=O)(=O)O. The van der Waals surface area contributed by atoms with Crippen LogP contribution >= 0.6 is 0 Å². The minimum absolute atomic E-state index is 0.00571. The molecule has 0 fully saturated rings. The molecular formula is C19H19NO7S. The lowest BCUT2D eigenvalue weighted by Gasteiger charge is -2.14. The van der Waals surface area contributed by atoms with Gasteiger partial charge in [0.15, 0.2) is 6.54 Å². The molecule has 0 spiro atoms. The zero-order valence-electron chi connectivity index (χ0n) is 15.3. The normalized spacial score (nSPS) is 11.7. The molecule has 1 aromatic heterocycles. The lowest BCUT2D eigenvalue weighted by molar-refractivity contribution is -0.645. The highest BCUT2D eigenvalue weighted by molar-refractivity contribution is 7.85. The number of aromatic carboxylic acids is 1. The Morgan fingerprint density at radius 1 is 1.04 bits per heavy atom. The Bertz CT molecular complexity index is 1110. The Morgan fingerprint density at radius 3 is 1.93 bits per heavy atom. The van der Waals surface area contributed by atoms with Gasteiger partial charge in [0.05, 0.1) is 36.7 Å². The zero-order valence-corrected chi connectivity index (χ0v) is 16.2. The molecule has 0 aliphatic heterocycles. The van der Waals surface area contributed by atoms with E-state index in [4.69, 9.17) is 14.0 Å². The number of methoxy groups -OCH3 is 2. The maximum Gasteiger partial charge on any atom is 0.265 e. The van der Waals surface area contributed by atoms with Crippen molar-refractivity contribution in [1.29, 1.82) is 0 Å². The molecule has 3 aromatic rings. The maximum absolute atomic E-state index is 12.0. The van der Waals surface area contributed by atoms with E-state index >= 15 is 0 Å². The van der Waals surface area contributed by atoms with Crippen LogP contribution in [0, 0.1) is 0 Å². The Kier molecular flexibility index (Phi) is 5.39. The van der Waals surface area contributed by atoms with Crippen LogP contribution < -0.4 is 19.1 Å². The van der Waals surface area contributed by atoms with Crippen LogP contribution in [0.25, 0.3) is 21.8 Å². The van der Waals surface area contributed by atoms with Crippen LogP contribution in [0.15, 0.2) is 36.4 Å². The summed E-state index contributed by atoms with van der Waals surface area (Å²) in [6, 6.07) is 9.98. The molecule has 0 aliphatic carbocycles. The molecule has 0 saturated heterocycles. The quantitative estimate of drug-likeness (QED) is 0.353. The number of aryl methyl sites for hydroxylation is 1. The van der Waals surface area contributed by atoms with E-state index in [9.17, 15) is 18.3 Å². The minimum Gasteiger partial charge on any atom is -0.545 e. The van der Waals surface area contributed by atoms with Crippen LogP contribution in [0.4, 0.5) is 0 Å². The molecule has 1 N–H and O–H groups in total. The van der Waals surface area contributed by atoms with Crippen molar-refractivity contribution in [2.75, 3.05) is 20.0 Å². The third-order valence-corrected chi connectivity index (χ3v) is 5.32. The molecule has 28 heavy (non-hydrogen) atoms. The molecule has 2 aromatic carbocycles. The topological polar surface area (TPSA) is 117 Å². The average Bonchev–Trinajstić information content (AvgIpc) is 2.65. The maximum atomic E-state index is 12.0. The molecule has 0 atom stereocenters. The second-order valence-electron chi connectivity index (χ2n) is 6.22. The summed E-state index contributed by atoms with van der Waals surface area (Å²) in [5, 5.41) is 12.8. The van der Waals surface area contributed by atoms with Gasteiger partial charge in [-0.2, -0.15) is 13.0 Å². The summed E-state index contributed by atoms with van der Waals surface area (Å²) in [6.45, 7) is 0.249. The van der Waals surface area contributed by atoms with Crippen LogP contribution in [0.2, 0.25) is 0 Å². The first-order valence-corrected chi connectivity index (χ1v) is 10.0. The van der Waals surface area contributed by atoms with Crippen molar-refractivity contribution in [1.82, 2.24) is 0 Å². The molecule has 3 rings (SSSR count). The fraction of sp³-hybridized carbons (Fsp3) is 0.263. The second kappa shape index (κ2) is 7.61. The molecule has 8 nitrogen and oxygen atoms in total. The van der Waals surface area contributed by atoms with E-state index in [1.54, 1.807) is 41.0 Å². The van der Waals surface area contributed by atoms with Gasteiger partial charge in [0.2, 0.25) is 11.0 Å². The van der Waals surface area contributed by atoms with Crippen molar-refractivity contribution in [2.24, 2.45) is 0 Å². The molecule has 148 valence electrons. The summed E-state index contributed by atoms with van der Waals surface area (Å²) < 4.78 is 43.4. The molecule has 1 heterocycles. The third-order valence-electron chi connectivity index (χ3n) is 4.52. The van der Waals surface area contributed by atoms with Crippen LogP contribution in [-0.2, 0) is 16.7 Å². The number of benzene rings is 2. The summed E-state index contributed by atoms with van der Waals surface area (Å²) >= 11 is 0. The minimum atomic E-state index is -4.10. The van der Waals surface area contributed by atoms with Gasteiger partial charge in [0, 0.05) is 24.1 Å². The number of carboxylic acid groups (broad SMARTS) is 1. The average molecular weight is 405 g/mol. The summed E-state index contributed by atoms with van der Waals surface area (Å²) in [6.07, 6.45) is 0.149. The van der Waals surface area contributed by atoms with Gasteiger partial charge in [-0.25, -0.2) is 0 Å². The van der Waals surface area contributed by atoms with E-state index < -0.39 is 21.8 Å². The zero-order chi connectivity index (χ0) is 20.5. The summed E-state index contributed by atoms with van der Waals surface area (Å²) in [5.41, 5.74) is 1.15. The molecule has 0 radical (unpaired) electrons. The van der Waals surface area contributed by atoms with Crippen LogP contribution in [-0.4, -0.2) is 38.9 Å². The second-order valence-corrected chi connectivity index (χ2v) is 7.79. The van der Waals surface area contributed by atoms with E-state index in [1.807, 2.05) is 0 Å². The molecule has 9 heteroatoms. The summed E-state index contributed by atoms with van der Waals surface area (Å²) in [5.74, 6) is -0.803. The predicted octanol–water partition coefficient (Wildman–Crippen LogP) is 0.939. The van der Waals surface area contributed by atoms with Gasteiger partial charge in [0.25, 0.3) is 10.1 Å². The van der Waals surface area contributed by atoms with Gasteiger partial charge in [-0.1, -0.05) is 0 Å². The van der Waals surface area contributed by atoms with Crippen molar-refractivity contribution in [3.8, 4) is 11.5 Å². The highest BCUT2D eigenvalue weighted by atomic mass is 32.2. The van der Waals surface area contributed by atoms with E-state index in [2.05, 4.69) is 0 Å². The number of rotatable bonds is 7. The molecule has 0 amide bonds. The molecule has 0 saturated carbocycles. The van der Waals surface area contributed by atoms with Gasteiger partial charge in [-0.15, -0.1) is 0 Å². The first-order valence-electron chi connectivity index (χ1n) is 8.43. The van der Waals surface area contributed by atoms with E-state index in [1.165, 1.54) is 14.2 Å². The van der Waals surface area contributed by atoms with E-state index in [-0.39, 0.29) is 18.5 Å². The number of pyridine rings is 1. The number of hydrogen-bond donors (Lipinski definition) is 1. The lowest BCUT2D eigenvalue weighted by Crippen LogP contribution is -2.38. The van der Waals surface area contributed by atoms with Gasteiger partial charge in [-0.05, 0) is 24.3 Å².